The van der Waals surface area contributed by atoms with Gasteiger partial charge in [-0.15, -0.1) is 0 Å². The zero-order chi connectivity index (χ0) is 8.48. The first-order chi connectivity index (χ1) is 5.00. The van der Waals surface area contributed by atoms with E-state index in [0.29, 0.717) is 5.02 Å². The van der Waals surface area contributed by atoms with E-state index < -0.39 is 8.77 Å². The van der Waals surface area contributed by atoms with Crippen LogP contribution < -0.4 is 51.4 Å². The largest absolute Gasteiger partial charge is 1.00 e. The third-order valence-electron chi connectivity index (χ3n) is 1.08. The summed E-state index contributed by atoms with van der Waals surface area (Å²) in [4.78, 5) is 0.0694. The van der Waals surface area contributed by atoms with Crippen LogP contribution in [0.4, 0.5) is 0 Å². The molecule has 1 unspecified atom stereocenters. The zero-order valence-corrected chi connectivity index (χ0v) is 11.8. The summed E-state index contributed by atoms with van der Waals surface area (Å²) in [5, 5.41) is 0.371. The molecule has 12 heavy (non-hydrogen) atoms. The van der Waals surface area contributed by atoms with E-state index in [-0.39, 0.29) is 56.3 Å². The van der Waals surface area contributed by atoms with E-state index in [2.05, 4.69) is 11.2 Å². The summed E-state index contributed by atoms with van der Waals surface area (Å²) in [6, 6.07) is 5.87. The second-order valence-electron chi connectivity index (χ2n) is 1.91. The Balaban J connectivity index is 0.00000121. The fourth-order valence-corrected chi connectivity index (χ4v) is 1.71. The average Bonchev–Trinajstić information content (AvgIpc) is 1.86. The fourth-order valence-electron chi connectivity index (χ4n) is 0.623. The fraction of sp³-hybridized carbons (Fsp3) is 0. The molecular weight excluding hydrogens is 243 g/mol. The van der Waals surface area contributed by atoms with Gasteiger partial charge in [0, 0.05) is 9.92 Å². The predicted octanol–water partition coefficient (Wildman–Crippen LogP) is -1.42. The molecule has 60 valence electrons. The maximum atomic E-state index is 10.7. The monoisotopic (exact) mass is 246 g/mol. The minimum Gasteiger partial charge on any atom is -0.766 e. The Morgan fingerprint density at radius 3 is 2.42 bits per heavy atom. The van der Waals surface area contributed by atoms with Gasteiger partial charge in [-0.3, -0.25) is 4.21 Å². The molecule has 0 aliphatic carbocycles. The topological polar surface area (TPSA) is 40.1 Å². The maximum absolute atomic E-state index is 10.7. The van der Waals surface area contributed by atoms with Crippen molar-refractivity contribution in [2.45, 2.75) is 4.90 Å². The molecule has 0 aliphatic heterocycles. The van der Waals surface area contributed by atoms with Crippen molar-refractivity contribution in [1.82, 2.24) is 0 Å². The van der Waals surface area contributed by atoms with E-state index >= 15 is 0 Å². The zero-order valence-electron chi connectivity index (χ0n) is 6.32. The Kier molecular flexibility index (Phi) is 6.04. The number of benzene rings is 1. The van der Waals surface area contributed by atoms with Crippen LogP contribution in [0.2, 0.25) is 5.02 Å². The van der Waals surface area contributed by atoms with Crippen molar-refractivity contribution >= 4 is 31.6 Å². The van der Waals surface area contributed by atoms with Gasteiger partial charge in [-0.2, -0.15) is 0 Å². The van der Waals surface area contributed by atoms with Gasteiger partial charge in [0.05, 0.1) is 0 Å². The number of hydrogen-bond acceptors (Lipinski definition) is 3. The van der Waals surface area contributed by atoms with Gasteiger partial charge >= 0.3 is 51.4 Å². The van der Waals surface area contributed by atoms with E-state index in [1.807, 2.05) is 0 Å². The normalized spacial score (nSPS) is 14.5. The standard InChI is InChI=1S/C6H5ClO2S2.K/c7-5-2-1-3-6(4-5)11(8,9)10;/h1-4H,(H,8,9,10);/q;+1/p-1. The van der Waals surface area contributed by atoms with Gasteiger partial charge in [0.15, 0.2) is 0 Å². The molecule has 0 N–H and O–H groups in total. The Morgan fingerprint density at radius 1 is 1.50 bits per heavy atom. The summed E-state index contributed by atoms with van der Waals surface area (Å²) in [6.45, 7) is 0. The summed E-state index contributed by atoms with van der Waals surface area (Å²) in [5.41, 5.74) is 0. The van der Waals surface area contributed by atoms with Gasteiger partial charge < -0.3 is 4.55 Å². The van der Waals surface area contributed by atoms with Crippen LogP contribution in [0.25, 0.3) is 0 Å². The van der Waals surface area contributed by atoms with E-state index in [9.17, 15) is 8.76 Å². The van der Waals surface area contributed by atoms with Crippen molar-refractivity contribution in [2.24, 2.45) is 0 Å². The van der Waals surface area contributed by atoms with Gasteiger partial charge in [-0.1, -0.05) is 17.7 Å². The third kappa shape index (κ3) is 4.12. The van der Waals surface area contributed by atoms with Gasteiger partial charge in [0.25, 0.3) is 0 Å². The Labute approximate surface area is 124 Å². The van der Waals surface area contributed by atoms with E-state index in [1.165, 1.54) is 12.1 Å². The minimum atomic E-state index is -3.53. The Morgan fingerprint density at radius 2 is 2.08 bits per heavy atom. The number of halogens is 1. The molecule has 0 saturated heterocycles. The molecular formula is C6H4ClKO2S2. The minimum absolute atomic E-state index is 0. The Bertz CT molecular complexity index is 364. The molecule has 6 heteroatoms. The average molecular weight is 247 g/mol. The first-order valence-electron chi connectivity index (χ1n) is 2.71. The molecule has 0 amide bonds. The molecule has 2 nitrogen and oxygen atoms in total. The second-order valence-corrected chi connectivity index (χ2v) is 5.04. The van der Waals surface area contributed by atoms with Crippen LogP contribution in [0, 0.1) is 0 Å². The molecule has 0 aromatic heterocycles. The molecule has 0 spiro atoms. The van der Waals surface area contributed by atoms with Crippen molar-refractivity contribution in [2.75, 3.05) is 0 Å². The maximum Gasteiger partial charge on any atom is 1.00 e. The summed E-state index contributed by atoms with van der Waals surface area (Å²) < 4.78 is 21.5. The first kappa shape index (κ1) is 13.5. The van der Waals surface area contributed by atoms with Crippen molar-refractivity contribution in [3.05, 3.63) is 29.3 Å². The van der Waals surface area contributed by atoms with Crippen LogP contribution in [0.1, 0.15) is 0 Å². The summed E-state index contributed by atoms with van der Waals surface area (Å²) in [5.74, 6) is 0. The quantitative estimate of drug-likeness (QED) is 0.571. The van der Waals surface area contributed by atoms with Crippen LogP contribution in [-0.4, -0.2) is 8.76 Å². The van der Waals surface area contributed by atoms with Gasteiger partial charge in [-0.25, -0.2) is 0 Å². The Hall–Kier alpha value is 1.48. The van der Waals surface area contributed by atoms with Crippen molar-refractivity contribution in [3.8, 4) is 0 Å². The number of rotatable bonds is 1. The van der Waals surface area contributed by atoms with E-state index in [4.69, 9.17) is 11.6 Å². The smallest absolute Gasteiger partial charge is 0.766 e. The van der Waals surface area contributed by atoms with Gasteiger partial charge in [0.2, 0.25) is 0 Å². The van der Waals surface area contributed by atoms with Gasteiger partial charge in [-0.05, 0) is 38.2 Å². The van der Waals surface area contributed by atoms with Crippen LogP contribution in [0.3, 0.4) is 0 Å². The van der Waals surface area contributed by atoms with Crippen molar-refractivity contribution in [1.29, 1.82) is 0 Å². The third-order valence-corrected chi connectivity index (χ3v) is 2.73. The summed E-state index contributed by atoms with van der Waals surface area (Å²) >= 11 is 9.76. The molecule has 0 heterocycles. The predicted molar refractivity (Wildman–Crippen MR) is 46.0 cm³/mol. The molecule has 0 bridgehead atoms. The second kappa shape index (κ2) is 5.38. The molecule has 1 rings (SSSR count). The molecule has 1 atom stereocenters. The van der Waals surface area contributed by atoms with E-state index in [1.54, 1.807) is 12.1 Å². The van der Waals surface area contributed by atoms with Crippen LogP contribution in [0.15, 0.2) is 29.2 Å². The molecule has 1 aromatic carbocycles. The molecule has 0 fully saturated rings. The van der Waals surface area contributed by atoms with Crippen LogP contribution in [0.5, 0.6) is 0 Å². The van der Waals surface area contributed by atoms with Crippen molar-refractivity contribution < 1.29 is 60.1 Å². The SMILES string of the molecule is O=S([O-])(=S)c1cccc(Cl)c1.[K+]. The summed E-state index contributed by atoms with van der Waals surface area (Å²) in [7, 11) is -3.53. The number of hydrogen-bond donors (Lipinski definition) is 0. The van der Waals surface area contributed by atoms with Gasteiger partial charge in [0.1, 0.15) is 0 Å². The van der Waals surface area contributed by atoms with Crippen LogP contribution >= 0.6 is 11.6 Å². The molecule has 0 aliphatic rings. The molecule has 1 aromatic rings. The molecule has 0 saturated carbocycles. The summed E-state index contributed by atoms with van der Waals surface area (Å²) in [6.07, 6.45) is 0. The van der Waals surface area contributed by atoms with E-state index in [0.717, 1.165) is 0 Å². The first-order valence-corrected chi connectivity index (χ1v) is 5.50. The van der Waals surface area contributed by atoms with Crippen LogP contribution in [-0.2, 0) is 20.0 Å². The molecule has 0 radical (unpaired) electrons. The van der Waals surface area contributed by atoms with Crippen molar-refractivity contribution in [3.63, 3.8) is 0 Å².